The van der Waals surface area contributed by atoms with Gasteiger partial charge in [-0.2, -0.15) is 5.26 Å². The molecule has 0 radical (unpaired) electrons. The van der Waals surface area contributed by atoms with Crippen molar-refractivity contribution in [2.45, 2.75) is 71.1 Å². The number of aryl methyl sites for hydroxylation is 1. The molecule has 0 amide bonds. The van der Waals surface area contributed by atoms with Crippen LogP contribution in [0.3, 0.4) is 0 Å². The van der Waals surface area contributed by atoms with Gasteiger partial charge in [0.25, 0.3) is 0 Å². The number of halogens is 1. The number of hydrogen-bond donors (Lipinski definition) is 0. The first-order valence-electron chi connectivity index (χ1n) is 11.6. The Morgan fingerprint density at radius 2 is 1.64 bits per heavy atom. The maximum absolute atomic E-state index is 12.5. The standard InChI is InChI=1S/C27H32ClNO4/c1-4-5-6-7-8-9-10-20-11-14-23(15-12-20)32-26(30)21-13-16-24(22(17-21)18-29)33-27(31)25(28)19(2)3/h11-17,19,25H,4-10H2,1-3H3. The zero-order chi connectivity index (χ0) is 24.2. The molecule has 2 aromatic rings. The van der Waals surface area contributed by atoms with E-state index in [4.69, 9.17) is 21.1 Å². The highest BCUT2D eigenvalue weighted by atomic mass is 35.5. The van der Waals surface area contributed by atoms with Gasteiger partial charge in [-0.05, 0) is 54.7 Å². The zero-order valence-electron chi connectivity index (χ0n) is 19.6. The maximum Gasteiger partial charge on any atom is 0.343 e. The van der Waals surface area contributed by atoms with Crippen LogP contribution in [-0.4, -0.2) is 17.3 Å². The van der Waals surface area contributed by atoms with Crippen molar-refractivity contribution >= 4 is 23.5 Å². The van der Waals surface area contributed by atoms with Gasteiger partial charge in [-0.25, -0.2) is 4.79 Å². The first-order valence-corrected chi connectivity index (χ1v) is 12.0. The van der Waals surface area contributed by atoms with Gasteiger partial charge in [0.1, 0.15) is 22.9 Å². The molecule has 2 aromatic carbocycles. The highest BCUT2D eigenvalue weighted by Gasteiger charge is 2.23. The Morgan fingerprint density at radius 1 is 0.970 bits per heavy atom. The largest absolute Gasteiger partial charge is 0.424 e. The molecule has 33 heavy (non-hydrogen) atoms. The summed E-state index contributed by atoms with van der Waals surface area (Å²) in [4.78, 5) is 24.6. The molecule has 0 aliphatic carbocycles. The van der Waals surface area contributed by atoms with Crippen LogP contribution in [0.4, 0.5) is 0 Å². The first kappa shape index (κ1) is 26.4. The second kappa shape index (κ2) is 13.6. The molecule has 0 heterocycles. The van der Waals surface area contributed by atoms with Gasteiger partial charge < -0.3 is 9.47 Å². The Balaban J connectivity index is 1.94. The minimum atomic E-state index is -0.829. The van der Waals surface area contributed by atoms with Crippen molar-refractivity contribution in [3.05, 3.63) is 59.2 Å². The van der Waals surface area contributed by atoms with Crippen LogP contribution in [0.1, 0.15) is 80.8 Å². The van der Waals surface area contributed by atoms with Gasteiger partial charge in [0.15, 0.2) is 0 Å². The first-order chi connectivity index (χ1) is 15.8. The normalized spacial score (nSPS) is 11.6. The fraction of sp³-hybridized carbons (Fsp3) is 0.444. The molecule has 2 rings (SSSR count). The third kappa shape index (κ3) is 8.55. The van der Waals surface area contributed by atoms with Crippen molar-refractivity contribution in [1.82, 2.24) is 0 Å². The summed E-state index contributed by atoms with van der Waals surface area (Å²) in [7, 11) is 0. The van der Waals surface area contributed by atoms with Crippen molar-refractivity contribution in [3.63, 3.8) is 0 Å². The maximum atomic E-state index is 12.5. The van der Waals surface area contributed by atoms with Gasteiger partial charge in [-0.15, -0.1) is 11.6 Å². The van der Waals surface area contributed by atoms with Crippen LogP contribution in [0.5, 0.6) is 11.5 Å². The Kier molecular flexibility index (Phi) is 10.9. The van der Waals surface area contributed by atoms with E-state index in [0.717, 1.165) is 12.8 Å². The van der Waals surface area contributed by atoms with E-state index in [1.54, 1.807) is 26.0 Å². The van der Waals surface area contributed by atoms with E-state index in [1.165, 1.54) is 55.9 Å². The van der Waals surface area contributed by atoms with Crippen molar-refractivity contribution in [1.29, 1.82) is 5.26 Å². The van der Waals surface area contributed by atoms with Gasteiger partial charge in [0, 0.05) is 0 Å². The molecule has 0 saturated heterocycles. The number of hydrogen-bond acceptors (Lipinski definition) is 5. The molecule has 0 spiro atoms. The van der Waals surface area contributed by atoms with E-state index in [0.29, 0.717) is 5.75 Å². The molecule has 0 aromatic heterocycles. The van der Waals surface area contributed by atoms with E-state index in [9.17, 15) is 14.9 Å². The van der Waals surface area contributed by atoms with Crippen molar-refractivity contribution in [2.24, 2.45) is 5.92 Å². The van der Waals surface area contributed by atoms with Crippen LogP contribution in [0, 0.1) is 17.2 Å². The molecule has 0 bridgehead atoms. The van der Waals surface area contributed by atoms with E-state index in [-0.39, 0.29) is 22.8 Å². The average molecular weight is 470 g/mol. The van der Waals surface area contributed by atoms with Gasteiger partial charge >= 0.3 is 11.9 Å². The summed E-state index contributed by atoms with van der Waals surface area (Å²) in [6, 6.07) is 13.6. The summed E-state index contributed by atoms with van der Waals surface area (Å²) in [6.07, 6.45) is 8.51. The fourth-order valence-electron chi connectivity index (χ4n) is 3.27. The monoisotopic (exact) mass is 469 g/mol. The molecule has 0 fully saturated rings. The lowest BCUT2D eigenvalue weighted by Gasteiger charge is -2.13. The van der Waals surface area contributed by atoms with Gasteiger partial charge in [-0.3, -0.25) is 4.79 Å². The van der Waals surface area contributed by atoms with Crippen LogP contribution in [0.15, 0.2) is 42.5 Å². The number of esters is 2. The van der Waals surface area contributed by atoms with Gasteiger partial charge in [0.2, 0.25) is 0 Å². The van der Waals surface area contributed by atoms with Crippen molar-refractivity contribution in [3.8, 4) is 17.6 Å². The number of unbranched alkanes of at least 4 members (excludes halogenated alkanes) is 5. The van der Waals surface area contributed by atoms with Gasteiger partial charge in [-0.1, -0.05) is 65.0 Å². The number of benzene rings is 2. The van der Waals surface area contributed by atoms with Crippen LogP contribution in [-0.2, 0) is 11.2 Å². The lowest BCUT2D eigenvalue weighted by molar-refractivity contribution is -0.134. The smallest absolute Gasteiger partial charge is 0.343 e. The Labute approximate surface area is 201 Å². The number of alkyl halides is 1. The Morgan fingerprint density at radius 3 is 2.27 bits per heavy atom. The topological polar surface area (TPSA) is 76.4 Å². The van der Waals surface area contributed by atoms with E-state index in [1.807, 2.05) is 18.2 Å². The molecule has 1 atom stereocenters. The number of carbonyl (C=O) groups excluding carboxylic acids is 2. The molecular formula is C27H32ClNO4. The predicted octanol–water partition coefficient (Wildman–Crippen LogP) is 6.85. The molecule has 0 saturated carbocycles. The number of nitriles is 1. The van der Waals surface area contributed by atoms with Crippen LogP contribution >= 0.6 is 11.6 Å². The lowest BCUT2D eigenvalue weighted by Crippen LogP contribution is -2.25. The van der Waals surface area contributed by atoms with Crippen LogP contribution in [0.2, 0.25) is 0 Å². The average Bonchev–Trinajstić information content (AvgIpc) is 2.81. The second-order valence-electron chi connectivity index (χ2n) is 8.44. The van der Waals surface area contributed by atoms with E-state index < -0.39 is 17.3 Å². The Hall–Kier alpha value is -2.84. The fourth-order valence-corrected chi connectivity index (χ4v) is 3.31. The number of ether oxygens (including phenoxy) is 2. The molecule has 0 N–H and O–H groups in total. The molecule has 1 unspecified atom stereocenters. The number of carbonyl (C=O) groups is 2. The summed E-state index contributed by atoms with van der Waals surface area (Å²) in [5.74, 6) is -0.854. The zero-order valence-corrected chi connectivity index (χ0v) is 20.4. The van der Waals surface area contributed by atoms with Crippen molar-refractivity contribution in [2.75, 3.05) is 0 Å². The highest BCUT2D eigenvalue weighted by molar-refractivity contribution is 6.30. The summed E-state index contributed by atoms with van der Waals surface area (Å²) in [5.41, 5.74) is 1.45. The molecular weight excluding hydrogens is 438 g/mol. The summed E-state index contributed by atoms with van der Waals surface area (Å²) < 4.78 is 10.7. The second-order valence-corrected chi connectivity index (χ2v) is 8.91. The number of nitrogens with zero attached hydrogens (tertiary/aromatic N) is 1. The summed E-state index contributed by atoms with van der Waals surface area (Å²) >= 11 is 6.02. The number of rotatable bonds is 12. The molecule has 0 aliphatic heterocycles. The van der Waals surface area contributed by atoms with E-state index >= 15 is 0 Å². The highest BCUT2D eigenvalue weighted by Crippen LogP contribution is 2.23. The predicted molar refractivity (Wildman–Crippen MR) is 130 cm³/mol. The minimum Gasteiger partial charge on any atom is -0.424 e. The summed E-state index contributed by atoms with van der Waals surface area (Å²) in [5, 5.41) is 8.58. The molecule has 176 valence electrons. The molecule has 0 aliphatic rings. The van der Waals surface area contributed by atoms with Gasteiger partial charge in [0.05, 0.1) is 11.1 Å². The third-order valence-corrected chi connectivity index (χ3v) is 5.99. The Bertz CT molecular complexity index is 963. The van der Waals surface area contributed by atoms with Crippen LogP contribution in [0.25, 0.3) is 0 Å². The SMILES string of the molecule is CCCCCCCCc1ccc(OC(=O)c2ccc(OC(=O)C(Cl)C(C)C)c(C#N)c2)cc1. The summed E-state index contributed by atoms with van der Waals surface area (Å²) in [6.45, 7) is 5.81. The quantitative estimate of drug-likeness (QED) is 0.147. The lowest BCUT2D eigenvalue weighted by atomic mass is 10.0. The molecule has 5 nitrogen and oxygen atoms in total. The van der Waals surface area contributed by atoms with E-state index in [2.05, 4.69) is 6.92 Å². The molecule has 6 heteroatoms. The van der Waals surface area contributed by atoms with Crippen molar-refractivity contribution < 1.29 is 19.1 Å². The van der Waals surface area contributed by atoms with Crippen LogP contribution < -0.4 is 9.47 Å². The third-order valence-electron chi connectivity index (χ3n) is 5.31. The minimum absolute atomic E-state index is 0.0553.